The first-order chi connectivity index (χ1) is 12.2. The van der Waals surface area contributed by atoms with Gasteiger partial charge in [0.2, 0.25) is 0 Å². The van der Waals surface area contributed by atoms with E-state index in [1.807, 2.05) is 30.3 Å². The summed E-state index contributed by atoms with van der Waals surface area (Å²) in [6, 6.07) is 9.67. The zero-order valence-electron chi connectivity index (χ0n) is 14.1. The SMILES string of the molecule is COc1ccc2c(c1)CCCC2(O)CNc1ncnc2ncccc12. The van der Waals surface area contributed by atoms with E-state index in [-0.39, 0.29) is 0 Å². The predicted molar refractivity (Wildman–Crippen MR) is 95.7 cm³/mol. The lowest BCUT2D eigenvalue weighted by molar-refractivity contribution is 0.0322. The Labute approximate surface area is 145 Å². The third kappa shape index (κ3) is 2.89. The van der Waals surface area contributed by atoms with Gasteiger partial charge in [-0.05, 0) is 54.7 Å². The van der Waals surface area contributed by atoms with Crippen molar-refractivity contribution in [3.05, 3.63) is 54.0 Å². The summed E-state index contributed by atoms with van der Waals surface area (Å²) in [5.74, 6) is 1.51. The highest BCUT2D eigenvalue weighted by Crippen LogP contribution is 2.37. The van der Waals surface area contributed by atoms with Crippen molar-refractivity contribution in [2.24, 2.45) is 0 Å². The molecule has 0 saturated heterocycles. The van der Waals surface area contributed by atoms with Crippen LogP contribution in [-0.4, -0.2) is 33.7 Å². The second kappa shape index (κ2) is 6.29. The highest BCUT2D eigenvalue weighted by Gasteiger charge is 2.34. The lowest BCUT2D eigenvalue weighted by atomic mass is 9.79. The summed E-state index contributed by atoms with van der Waals surface area (Å²) in [5.41, 5.74) is 1.81. The van der Waals surface area contributed by atoms with E-state index in [9.17, 15) is 5.11 Å². The minimum absolute atomic E-state index is 0.382. The highest BCUT2D eigenvalue weighted by atomic mass is 16.5. The van der Waals surface area contributed by atoms with E-state index < -0.39 is 5.60 Å². The summed E-state index contributed by atoms with van der Waals surface area (Å²) >= 11 is 0. The highest BCUT2D eigenvalue weighted by molar-refractivity contribution is 5.85. The van der Waals surface area contributed by atoms with Gasteiger partial charge in [0.15, 0.2) is 5.65 Å². The number of ether oxygens (including phenoxy) is 1. The molecule has 3 aromatic rings. The van der Waals surface area contributed by atoms with Crippen molar-refractivity contribution in [1.82, 2.24) is 15.0 Å². The van der Waals surface area contributed by atoms with Crippen LogP contribution in [0.2, 0.25) is 0 Å². The van der Waals surface area contributed by atoms with Gasteiger partial charge in [0.25, 0.3) is 0 Å². The fourth-order valence-corrected chi connectivity index (χ4v) is 3.51. The van der Waals surface area contributed by atoms with Gasteiger partial charge in [-0.15, -0.1) is 0 Å². The van der Waals surface area contributed by atoms with Gasteiger partial charge in [0.1, 0.15) is 23.5 Å². The van der Waals surface area contributed by atoms with Crippen LogP contribution in [0.25, 0.3) is 11.0 Å². The minimum atomic E-state index is -0.931. The lowest BCUT2D eigenvalue weighted by Crippen LogP contribution is -2.37. The van der Waals surface area contributed by atoms with Gasteiger partial charge in [0.05, 0.1) is 12.5 Å². The maximum absolute atomic E-state index is 11.3. The molecule has 0 radical (unpaired) electrons. The molecule has 128 valence electrons. The number of nitrogens with one attached hydrogen (secondary N) is 1. The summed E-state index contributed by atoms with van der Waals surface area (Å²) < 4.78 is 5.30. The van der Waals surface area contributed by atoms with Crippen LogP contribution < -0.4 is 10.1 Å². The van der Waals surface area contributed by atoms with E-state index in [2.05, 4.69) is 20.3 Å². The van der Waals surface area contributed by atoms with E-state index >= 15 is 0 Å². The maximum atomic E-state index is 11.3. The Morgan fingerprint density at radius 3 is 3.04 bits per heavy atom. The molecule has 1 atom stereocenters. The molecule has 2 N–H and O–H groups in total. The first-order valence-electron chi connectivity index (χ1n) is 8.39. The average Bonchev–Trinajstić information content (AvgIpc) is 2.66. The molecular formula is C19H20N4O2. The number of methoxy groups -OCH3 is 1. The summed E-state index contributed by atoms with van der Waals surface area (Å²) in [6.45, 7) is 0.382. The molecule has 2 heterocycles. The number of aliphatic hydroxyl groups is 1. The number of aryl methyl sites for hydroxylation is 1. The van der Waals surface area contributed by atoms with E-state index in [1.165, 1.54) is 6.33 Å². The molecule has 1 aromatic carbocycles. The third-order valence-corrected chi connectivity index (χ3v) is 4.81. The van der Waals surface area contributed by atoms with Gasteiger partial charge >= 0.3 is 0 Å². The molecule has 1 aliphatic rings. The monoisotopic (exact) mass is 336 g/mol. The van der Waals surface area contributed by atoms with Crippen molar-refractivity contribution in [3.63, 3.8) is 0 Å². The zero-order valence-corrected chi connectivity index (χ0v) is 14.1. The van der Waals surface area contributed by atoms with Crippen molar-refractivity contribution in [1.29, 1.82) is 0 Å². The summed E-state index contributed by atoms with van der Waals surface area (Å²) in [4.78, 5) is 12.7. The predicted octanol–water partition coefficient (Wildman–Crippen LogP) is 2.67. The zero-order chi connectivity index (χ0) is 17.3. The Balaban J connectivity index is 1.63. The Morgan fingerprint density at radius 2 is 2.16 bits per heavy atom. The van der Waals surface area contributed by atoms with Gasteiger partial charge in [0, 0.05) is 12.7 Å². The van der Waals surface area contributed by atoms with Crippen LogP contribution in [0.5, 0.6) is 5.75 Å². The lowest BCUT2D eigenvalue weighted by Gasteiger charge is -2.35. The molecule has 1 unspecified atom stereocenters. The molecule has 0 bridgehead atoms. The molecule has 0 fully saturated rings. The van der Waals surface area contributed by atoms with Gasteiger partial charge in [-0.1, -0.05) is 6.07 Å². The van der Waals surface area contributed by atoms with Crippen molar-refractivity contribution in [2.75, 3.05) is 19.0 Å². The number of aromatic nitrogens is 3. The molecule has 6 heteroatoms. The first-order valence-corrected chi connectivity index (χ1v) is 8.39. The van der Waals surface area contributed by atoms with E-state index in [4.69, 9.17) is 4.74 Å². The molecule has 0 spiro atoms. The van der Waals surface area contributed by atoms with Crippen molar-refractivity contribution in [3.8, 4) is 5.75 Å². The third-order valence-electron chi connectivity index (χ3n) is 4.81. The number of anilines is 1. The van der Waals surface area contributed by atoms with Crippen molar-refractivity contribution in [2.45, 2.75) is 24.9 Å². The fourth-order valence-electron chi connectivity index (χ4n) is 3.51. The van der Waals surface area contributed by atoms with Gasteiger partial charge in [-0.3, -0.25) is 0 Å². The Hall–Kier alpha value is -2.73. The Bertz CT molecular complexity index is 910. The number of hydrogen-bond acceptors (Lipinski definition) is 6. The average molecular weight is 336 g/mol. The minimum Gasteiger partial charge on any atom is -0.497 e. The summed E-state index contributed by atoms with van der Waals surface area (Å²) in [6.07, 6.45) is 5.79. The van der Waals surface area contributed by atoms with Crippen LogP contribution >= 0.6 is 0 Å². The topological polar surface area (TPSA) is 80.2 Å². The smallest absolute Gasteiger partial charge is 0.164 e. The second-order valence-corrected chi connectivity index (χ2v) is 6.36. The van der Waals surface area contributed by atoms with Crippen LogP contribution in [0.4, 0.5) is 5.82 Å². The van der Waals surface area contributed by atoms with Crippen molar-refractivity contribution < 1.29 is 9.84 Å². The largest absolute Gasteiger partial charge is 0.497 e. The molecule has 0 saturated carbocycles. The van der Waals surface area contributed by atoms with Crippen LogP contribution in [-0.2, 0) is 12.0 Å². The van der Waals surface area contributed by atoms with E-state index in [1.54, 1.807) is 13.3 Å². The number of fused-ring (bicyclic) bond motifs is 2. The summed E-state index contributed by atoms with van der Waals surface area (Å²) in [5, 5.41) is 15.4. The number of hydrogen-bond donors (Lipinski definition) is 2. The number of rotatable bonds is 4. The molecule has 0 amide bonds. The van der Waals surface area contributed by atoms with Crippen LogP contribution in [0.1, 0.15) is 24.0 Å². The van der Waals surface area contributed by atoms with Crippen LogP contribution in [0.3, 0.4) is 0 Å². The van der Waals surface area contributed by atoms with E-state index in [0.29, 0.717) is 24.4 Å². The van der Waals surface area contributed by atoms with Crippen molar-refractivity contribution >= 4 is 16.9 Å². The molecule has 25 heavy (non-hydrogen) atoms. The van der Waals surface area contributed by atoms with Gasteiger partial charge in [-0.25, -0.2) is 15.0 Å². The number of nitrogens with zero attached hydrogens (tertiary/aromatic N) is 3. The number of benzene rings is 1. The van der Waals surface area contributed by atoms with E-state index in [0.717, 1.165) is 35.1 Å². The molecule has 2 aromatic heterocycles. The van der Waals surface area contributed by atoms with Gasteiger partial charge < -0.3 is 15.2 Å². The van der Waals surface area contributed by atoms with Crippen LogP contribution in [0.15, 0.2) is 42.9 Å². The fraction of sp³-hybridized carbons (Fsp3) is 0.316. The Kier molecular flexibility index (Phi) is 3.97. The van der Waals surface area contributed by atoms with Gasteiger partial charge in [-0.2, -0.15) is 0 Å². The summed E-state index contributed by atoms with van der Waals surface area (Å²) in [7, 11) is 1.66. The van der Waals surface area contributed by atoms with Crippen LogP contribution in [0, 0.1) is 0 Å². The standard InChI is InChI=1S/C19H20N4O2/c1-25-14-6-7-16-13(10-14)4-2-8-19(16,24)11-21-18-15-5-3-9-20-17(15)22-12-23-18/h3,5-7,9-10,12,24H,2,4,8,11H2,1H3,(H,20,21,22,23). The molecular weight excluding hydrogens is 316 g/mol. The second-order valence-electron chi connectivity index (χ2n) is 6.36. The first kappa shape index (κ1) is 15.8. The molecule has 0 aliphatic heterocycles. The molecule has 4 rings (SSSR count). The normalized spacial score (nSPS) is 19.4. The molecule has 1 aliphatic carbocycles. The maximum Gasteiger partial charge on any atom is 0.164 e. The molecule has 6 nitrogen and oxygen atoms in total. The quantitative estimate of drug-likeness (QED) is 0.762. The number of pyridine rings is 1. The Morgan fingerprint density at radius 1 is 1.24 bits per heavy atom.